The molecule has 180 valence electrons. The summed E-state index contributed by atoms with van der Waals surface area (Å²) in [4.78, 5) is 5.14. The Labute approximate surface area is 210 Å². The highest BCUT2D eigenvalue weighted by atomic mass is 32.2. The summed E-state index contributed by atoms with van der Waals surface area (Å²) < 4.78 is 27.2. The number of methoxy groups -OCH3 is 2. The highest BCUT2D eigenvalue weighted by Crippen LogP contribution is 2.47. The molecule has 1 aliphatic rings. The van der Waals surface area contributed by atoms with Crippen LogP contribution in [0.4, 0.5) is 4.39 Å². The van der Waals surface area contributed by atoms with Crippen molar-refractivity contribution in [3.05, 3.63) is 101 Å². The SMILES string of the molecule is COc1ccc(C2(C)CCCc3nc(SCc4ccccc4)n(-c4ccc(F)cc4)c32)cc1OC. The maximum Gasteiger partial charge on any atom is 0.173 e. The van der Waals surface area contributed by atoms with Gasteiger partial charge in [-0.1, -0.05) is 48.2 Å². The lowest BCUT2D eigenvalue weighted by atomic mass is 9.71. The van der Waals surface area contributed by atoms with Crippen molar-refractivity contribution < 1.29 is 13.9 Å². The summed E-state index contributed by atoms with van der Waals surface area (Å²) >= 11 is 1.72. The number of aromatic nitrogens is 2. The number of benzene rings is 3. The van der Waals surface area contributed by atoms with Crippen molar-refractivity contribution in [2.45, 2.75) is 42.5 Å². The van der Waals surface area contributed by atoms with Crippen LogP contribution in [0.5, 0.6) is 11.5 Å². The van der Waals surface area contributed by atoms with E-state index in [0.717, 1.165) is 52.8 Å². The van der Waals surface area contributed by atoms with E-state index in [0.29, 0.717) is 11.5 Å². The van der Waals surface area contributed by atoms with Crippen molar-refractivity contribution in [2.75, 3.05) is 14.2 Å². The van der Waals surface area contributed by atoms with Gasteiger partial charge in [-0.25, -0.2) is 9.37 Å². The third-order valence-corrected chi connectivity index (χ3v) is 7.86. The Balaban J connectivity index is 1.66. The second kappa shape index (κ2) is 9.78. The van der Waals surface area contributed by atoms with Crippen LogP contribution in [-0.4, -0.2) is 23.8 Å². The van der Waals surface area contributed by atoms with Gasteiger partial charge in [-0.2, -0.15) is 0 Å². The Hall–Kier alpha value is -3.25. The van der Waals surface area contributed by atoms with Crippen LogP contribution < -0.4 is 9.47 Å². The molecule has 0 N–H and O–H groups in total. The molecule has 1 aliphatic carbocycles. The lowest BCUT2D eigenvalue weighted by Gasteiger charge is -2.36. The van der Waals surface area contributed by atoms with Gasteiger partial charge in [0.15, 0.2) is 16.7 Å². The summed E-state index contributed by atoms with van der Waals surface area (Å²) in [7, 11) is 3.31. The Morgan fingerprint density at radius 3 is 2.43 bits per heavy atom. The van der Waals surface area contributed by atoms with Crippen LogP contribution in [0.25, 0.3) is 5.69 Å². The smallest absolute Gasteiger partial charge is 0.173 e. The predicted octanol–water partition coefficient (Wildman–Crippen LogP) is 6.96. The van der Waals surface area contributed by atoms with Gasteiger partial charge in [0.2, 0.25) is 0 Å². The van der Waals surface area contributed by atoms with Gasteiger partial charge in [0, 0.05) is 16.9 Å². The molecule has 1 unspecified atom stereocenters. The van der Waals surface area contributed by atoms with Crippen molar-refractivity contribution in [1.82, 2.24) is 9.55 Å². The normalized spacial score (nSPS) is 17.1. The third-order valence-electron chi connectivity index (χ3n) is 6.85. The van der Waals surface area contributed by atoms with E-state index in [9.17, 15) is 4.39 Å². The first-order valence-corrected chi connectivity index (χ1v) is 12.8. The fourth-order valence-electron chi connectivity index (χ4n) is 5.02. The zero-order chi connectivity index (χ0) is 24.4. The fourth-order valence-corrected chi connectivity index (χ4v) is 6.01. The van der Waals surface area contributed by atoms with Crippen LogP contribution in [0.3, 0.4) is 0 Å². The van der Waals surface area contributed by atoms with Gasteiger partial charge < -0.3 is 9.47 Å². The molecule has 0 spiro atoms. The molecule has 0 bridgehead atoms. The molecule has 1 atom stereocenters. The number of rotatable bonds is 7. The van der Waals surface area contributed by atoms with Crippen LogP contribution in [0.15, 0.2) is 78.0 Å². The number of halogens is 1. The number of imidazole rings is 1. The number of ether oxygens (including phenoxy) is 2. The van der Waals surface area contributed by atoms with Gasteiger partial charge in [0.25, 0.3) is 0 Å². The summed E-state index contributed by atoms with van der Waals surface area (Å²) in [5.41, 5.74) is 5.29. The van der Waals surface area contributed by atoms with Gasteiger partial charge in [0.1, 0.15) is 5.82 Å². The Morgan fingerprint density at radius 1 is 0.971 bits per heavy atom. The van der Waals surface area contributed by atoms with Crippen LogP contribution in [0.2, 0.25) is 0 Å². The van der Waals surface area contributed by atoms with E-state index in [-0.39, 0.29) is 11.2 Å². The minimum atomic E-state index is -0.292. The molecule has 4 nitrogen and oxygen atoms in total. The topological polar surface area (TPSA) is 36.3 Å². The average Bonchev–Trinajstić information content (AvgIpc) is 3.28. The largest absolute Gasteiger partial charge is 0.493 e. The Morgan fingerprint density at radius 2 is 1.71 bits per heavy atom. The first kappa shape index (κ1) is 23.5. The Bertz CT molecular complexity index is 1320. The molecule has 35 heavy (non-hydrogen) atoms. The van der Waals surface area contributed by atoms with E-state index in [4.69, 9.17) is 14.5 Å². The molecule has 6 heteroatoms. The minimum Gasteiger partial charge on any atom is -0.493 e. The minimum absolute atomic E-state index is 0.246. The zero-order valence-electron chi connectivity index (χ0n) is 20.3. The molecule has 0 fully saturated rings. The van der Waals surface area contributed by atoms with Crippen molar-refractivity contribution in [2.24, 2.45) is 0 Å². The van der Waals surface area contributed by atoms with Gasteiger partial charge in [-0.05, 0) is 73.7 Å². The highest BCUT2D eigenvalue weighted by molar-refractivity contribution is 7.98. The third kappa shape index (κ3) is 4.43. The molecule has 0 amide bonds. The van der Waals surface area contributed by atoms with E-state index < -0.39 is 0 Å². The molecule has 0 saturated carbocycles. The van der Waals surface area contributed by atoms with E-state index in [2.05, 4.69) is 47.9 Å². The van der Waals surface area contributed by atoms with Crippen LogP contribution in [-0.2, 0) is 17.6 Å². The average molecular weight is 489 g/mol. The van der Waals surface area contributed by atoms with E-state index in [1.165, 1.54) is 17.7 Å². The molecule has 4 aromatic rings. The van der Waals surface area contributed by atoms with Gasteiger partial charge >= 0.3 is 0 Å². The quantitative estimate of drug-likeness (QED) is 0.263. The second-order valence-electron chi connectivity index (χ2n) is 9.03. The van der Waals surface area contributed by atoms with Crippen LogP contribution in [0.1, 0.15) is 42.3 Å². The summed E-state index contributed by atoms with van der Waals surface area (Å²) in [6, 6.07) is 23.3. The molecule has 0 saturated heterocycles. The summed E-state index contributed by atoms with van der Waals surface area (Å²) in [5, 5.41) is 0.930. The summed E-state index contributed by atoms with van der Waals surface area (Å²) in [6.07, 6.45) is 2.94. The number of aryl methyl sites for hydroxylation is 1. The predicted molar refractivity (Wildman–Crippen MR) is 138 cm³/mol. The number of fused-ring (bicyclic) bond motifs is 1. The van der Waals surface area contributed by atoms with E-state index in [1.807, 2.05) is 24.3 Å². The van der Waals surface area contributed by atoms with Crippen molar-refractivity contribution in [3.63, 3.8) is 0 Å². The van der Waals surface area contributed by atoms with Crippen LogP contribution >= 0.6 is 11.8 Å². The van der Waals surface area contributed by atoms with Gasteiger partial charge in [0.05, 0.1) is 25.6 Å². The van der Waals surface area contributed by atoms with E-state index in [1.54, 1.807) is 26.0 Å². The van der Waals surface area contributed by atoms with Crippen molar-refractivity contribution >= 4 is 11.8 Å². The number of thioether (sulfide) groups is 1. The fraction of sp³-hybridized carbons (Fsp3) is 0.276. The van der Waals surface area contributed by atoms with Gasteiger partial charge in [-0.15, -0.1) is 0 Å². The molecule has 1 heterocycles. The first-order valence-electron chi connectivity index (χ1n) is 11.8. The second-order valence-corrected chi connectivity index (χ2v) is 9.97. The summed E-state index contributed by atoms with van der Waals surface area (Å²) in [6.45, 7) is 2.28. The van der Waals surface area contributed by atoms with E-state index >= 15 is 0 Å². The molecule has 0 radical (unpaired) electrons. The molecular formula is C29H29FN2O2S. The lowest BCUT2D eigenvalue weighted by Crippen LogP contribution is -2.31. The zero-order valence-corrected chi connectivity index (χ0v) is 21.1. The molecule has 1 aromatic heterocycles. The van der Waals surface area contributed by atoms with Crippen molar-refractivity contribution in [1.29, 1.82) is 0 Å². The standard InChI is InChI=1S/C29H29FN2O2S/c1-29(21-11-16-25(33-2)26(18-21)34-3)17-7-10-24-27(29)32(23-14-12-22(30)13-15-23)28(31-24)35-19-20-8-5-4-6-9-20/h4-6,8-9,11-16,18H,7,10,17,19H2,1-3H3. The molecule has 3 aromatic carbocycles. The monoisotopic (exact) mass is 488 g/mol. The Kier molecular flexibility index (Phi) is 6.56. The molecule has 5 rings (SSSR count). The maximum absolute atomic E-state index is 13.9. The lowest BCUT2D eigenvalue weighted by molar-refractivity contribution is 0.352. The highest BCUT2D eigenvalue weighted by Gasteiger charge is 2.40. The first-order chi connectivity index (χ1) is 17.0. The molecular weight excluding hydrogens is 459 g/mol. The molecule has 0 aliphatic heterocycles. The van der Waals surface area contributed by atoms with Crippen molar-refractivity contribution in [3.8, 4) is 17.2 Å². The maximum atomic E-state index is 13.9. The van der Waals surface area contributed by atoms with Gasteiger partial charge in [-0.3, -0.25) is 4.57 Å². The summed E-state index contributed by atoms with van der Waals surface area (Å²) in [5.74, 6) is 1.99. The van der Waals surface area contributed by atoms with Crippen LogP contribution in [0, 0.1) is 5.82 Å². The number of nitrogens with zero attached hydrogens (tertiary/aromatic N) is 2. The number of hydrogen-bond acceptors (Lipinski definition) is 4. The number of hydrogen-bond donors (Lipinski definition) is 0.